The standard InChI is InChI=1S/C12H14FN3O2/c1-15-9-4-2-3-8(13)12(9)16(11(18)7-14)6-5-10(15)17/h2-4H,5-7,14H2,1H3. The number of carbonyl (C=O) groups is 2. The lowest BCUT2D eigenvalue weighted by Gasteiger charge is -2.23. The third-order valence-corrected chi connectivity index (χ3v) is 3.00. The van der Waals surface area contributed by atoms with Crippen LogP contribution in [-0.2, 0) is 9.59 Å². The molecule has 0 saturated heterocycles. The van der Waals surface area contributed by atoms with E-state index in [1.165, 1.54) is 21.9 Å². The van der Waals surface area contributed by atoms with Gasteiger partial charge in [-0.25, -0.2) is 4.39 Å². The molecule has 0 aromatic heterocycles. The molecule has 1 aromatic rings. The highest BCUT2D eigenvalue weighted by Crippen LogP contribution is 2.34. The van der Waals surface area contributed by atoms with E-state index in [-0.39, 0.29) is 31.1 Å². The van der Waals surface area contributed by atoms with Crippen LogP contribution < -0.4 is 15.5 Å². The van der Waals surface area contributed by atoms with Gasteiger partial charge in [-0.1, -0.05) is 6.07 Å². The summed E-state index contributed by atoms with van der Waals surface area (Å²) in [6.07, 6.45) is 0.149. The maximum atomic E-state index is 13.9. The van der Waals surface area contributed by atoms with Gasteiger partial charge in [-0.2, -0.15) is 0 Å². The predicted octanol–water partition coefficient (Wildman–Crippen LogP) is 0.484. The largest absolute Gasteiger partial charge is 0.322 e. The average molecular weight is 251 g/mol. The third-order valence-electron chi connectivity index (χ3n) is 3.00. The predicted molar refractivity (Wildman–Crippen MR) is 65.8 cm³/mol. The molecule has 96 valence electrons. The minimum absolute atomic E-state index is 0.126. The number of fused-ring (bicyclic) bond motifs is 1. The zero-order valence-electron chi connectivity index (χ0n) is 10.0. The molecular weight excluding hydrogens is 237 g/mol. The van der Waals surface area contributed by atoms with Gasteiger partial charge in [0.1, 0.15) is 11.5 Å². The average Bonchev–Trinajstić information content (AvgIpc) is 2.50. The van der Waals surface area contributed by atoms with E-state index in [1.807, 2.05) is 0 Å². The van der Waals surface area contributed by atoms with E-state index < -0.39 is 11.7 Å². The molecule has 0 atom stereocenters. The van der Waals surface area contributed by atoms with Crippen LogP contribution in [0.15, 0.2) is 18.2 Å². The Morgan fingerprint density at radius 3 is 2.89 bits per heavy atom. The van der Waals surface area contributed by atoms with E-state index in [0.29, 0.717) is 5.69 Å². The fraction of sp³-hybridized carbons (Fsp3) is 0.333. The summed E-state index contributed by atoms with van der Waals surface area (Å²) in [4.78, 5) is 26.1. The van der Waals surface area contributed by atoms with Gasteiger partial charge >= 0.3 is 0 Å². The van der Waals surface area contributed by atoms with Crippen LogP contribution in [0.2, 0.25) is 0 Å². The number of amides is 2. The molecule has 0 aliphatic carbocycles. The maximum absolute atomic E-state index is 13.9. The van der Waals surface area contributed by atoms with E-state index in [1.54, 1.807) is 13.1 Å². The van der Waals surface area contributed by atoms with Crippen molar-refractivity contribution in [1.29, 1.82) is 0 Å². The first-order valence-corrected chi connectivity index (χ1v) is 5.61. The molecule has 2 amide bonds. The summed E-state index contributed by atoms with van der Waals surface area (Å²) in [6.45, 7) is -0.0706. The number of hydrogen-bond donors (Lipinski definition) is 1. The summed E-state index contributed by atoms with van der Waals surface area (Å²) in [5, 5.41) is 0. The van der Waals surface area contributed by atoms with Gasteiger partial charge in [0.15, 0.2) is 0 Å². The Morgan fingerprint density at radius 2 is 2.22 bits per heavy atom. The topological polar surface area (TPSA) is 66.6 Å². The van der Waals surface area contributed by atoms with Crippen molar-refractivity contribution >= 4 is 23.2 Å². The van der Waals surface area contributed by atoms with E-state index >= 15 is 0 Å². The van der Waals surface area contributed by atoms with Crippen molar-refractivity contribution in [2.75, 3.05) is 29.9 Å². The molecule has 2 rings (SSSR count). The van der Waals surface area contributed by atoms with Crippen molar-refractivity contribution in [1.82, 2.24) is 0 Å². The lowest BCUT2D eigenvalue weighted by Crippen LogP contribution is -2.37. The second kappa shape index (κ2) is 4.73. The van der Waals surface area contributed by atoms with Crippen LogP contribution in [0.1, 0.15) is 6.42 Å². The highest BCUT2D eigenvalue weighted by molar-refractivity contribution is 6.05. The number of para-hydroxylation sites is 1. The number of nitrogens with zero attached hydrogens (tertiary/aromatic N) is 2. The molecule has 18 heavy (non-hydrogen) atoms. The van der Waals surface area contributed by atoms with Gasteiger partial charge in [-0.3, -0.25) is 9.59 Å². The molecule has 2 N–H and O–H groups in total. The van der Waals surface area contributed by atoms with Crippen LogP contribution in [-0.4, -0.2) is 32.0 Å². The summed E-state index contributed by atoms with van der Waals surface area (Å²) in [6, 6.07) is 4.38. The fourth-order valence-corrected chi connectivity index (χ4v) is 2.02. The van der Waals surface area contributed by atoms with Crippen LogP contribution in [0.3, 0.4) is 0 Å². The van der Waals surface area contributed by atoms with E-state index in [2.05, 4.69) is 0 Å². The first-order valence-electron chi connectivity index (χ1n) is 5.61. The number of anilines is 2. The van der Waals surface area contributed by atoms with Gasteiger partial charge in [0.25, 0.3) is 0 Å². The van der Waals surface area contributed by atoms with Gasteiger partial charge in [-0.05, 0) is 12.1 Å². The van der Waals surface area contributed by atoms with Gasteiger partial charge in [0.2, 0.25) is 11.8 Å². The molecule has 5 nitrogen and oxygen atoms in total. The Morgan fingerprint density at radius 1 is 1.50 bits per heavy atom. The number of halogens is 1. The summed E-state index contributed by atoms with van der Waals surface area (Å²) < 4.78 is 13.9. The van der Waals surface area contributed by atoms with E-state index in [9.17, 15) is 14.0 Å². The summed E-state index contributed by atoms with van der Waals surface area (Å²) >= 11 is 0. The quantitative estimate of drug-likeness (QED) is 0.789. The molecule has 0 fully saturated rings. The molecule has 0 radical (unpaired) electrons. The van der Waals surface area contributed by atoms with Crippen molar-refractivity contribution in [3.63, 3.8) is 0 Å². The van der Waals surface area contributed by atoms with Crippen LogP contribution >= 0.6 is 0 Å². The minimum atomic E-state index is -0.532. The fourth-order valence-electron chi connectivity index (χ4n) is 2.02. The molecule has 1 aliphatic rings. The second-order valence-electron chi connectivity index (χ2n) is 4.06. The van der Waals surface area contributed by atoms with Gasteiger partial charge in [-0.15, -0.1) is 0 Å². The Balaban J connectivity index is 2.59. The summed E-state index contributed by atoms with van der Waals surface area (Å²) in [5.41, 5.74) is 5.83. The van der Waals surface area contributed by atoms with Crippen molar-refractivity contribution in [3.05, 3.63) is 24.0 Å². The van der Waals surface area contributed by atoms with Gasteiger partial charge in [0.05, 0.1) is 12.2 Å². The van der Waals surface area contributed by atoms with Crippen LogP contribution in [0.25, 0.3) is 0 Å². The second-order valence-corrected chi connectivity index (χ2v) is 4.06. The zero-order chi connectivity index (χ0) is 13.3. The Kier molecular flexibility index (Phi) is 3.29. The third kappa shape index (κ3) is 1.95. The molecular formula is C12H14FN3O2. The zero-order valence-corrected chi connectivity index (χ0v) is 10.0. The Labute approximate surface area is 104 Å². The highest BCUT2D eigenvalue weighted by Gasteiger charge is 2.29. The van der Waals surface area contributed by atoms with Crippen molar-refractivity contribution in [2.24, 2.45) is 5.73 Å². The minimum Gasteiger partial charge on any atom is -0.322 e. The van der Waals surface area contributed by atoms with Crippen molar-refractivity contribution in [3.8, 4) is 0 Å². The first kappa shape index (κ1) is 12.5. The maximum Gasteiger partial charge on any atom is 0.240 e. The Bertz CT molecular complexity index is 504. The summed E-state index contributed by atoms with van der Waals surface area (Å²) in [5.74, 6) is -1.09. The number of rotatable bonds is 1. The normalized spacial score (nSPS) is 15.4. The number of hydrogen-bond acceptors (Lipinski definition) is 3. The molecule has 1 aromatic carbocycles. The molecule has 1 heterocycles. The smallest absolute Gasteiger partial charge is 0.240 e. The lowest BCUT2D eigenvalue weighted by atomic mass is 10.2. The van der Waals surface area contributed by atoms with Crippen molar-refractivity contribution < 1.29 is 14.0 Å². The van der Waals surface area contributed by atoms with Crippen LogP contribution in [0.5, 0.6) is 0 Å². The van der Waals surface area contributed by atoms with E-state index in [0.717, 1.165) is 0 Å². The van der Waals surface area contributed by atoms with Crippen molar-refractivity contribution in [2.45, 2.75) is 6.42 Å². The molecule has 1 aliphatic heterocycles. The first-order chi connectivity index (χ1) is 8.56. The number of carbonyl (C=O) groups excluding carboxylic acids is 2. The molecule has 0 bridgehead atoms. The highest BCUT2D eigenvalue weighted by atomic mass is 19.1. The lowest BCUT2D eigenvalue weighted by molar-refractivity contribution is -0.118. The van der Waals surface area contributed by atoms with Gasteiger partial charge in [0, 0.05) is 20.0 Å². The Hall–Kier alpha value is -1.95. The van der Waals surface area contributed by atoms with E-state index in [4.69, 9.17) is 5.73 Å². The number of benzene rings is 1. The molecule has 0 spiro atoms. The SMILES string of the molecule is CN1C(=O)CCN(C(=O)CN)c2c(F)cccc21. The molecule has 6 heteroatoms. The van der Waals surface area contributed by atoms with Crippen LogP contribution in [0, 0.1) is 5.82 Å². The van der Waals surface area contributed by atoms with Crippen LogP contribution in [0.4, 0.5) is 15.8 Å². The monoisotopic (exact) mass is 251 g/mol. The molecule has 0 saturated carbocycles. The summed E-state index contributed by atoms with van der Waals surface area (Å²) in [7, 11) is 1.57. The van der Waals surface area contributed by atoms with Gasteiger partial charge < -0.3 is 15.5 Å². The number of nitrogens with two attached hydrogens (primary N) is 1. The molecule has 0 unspecified atom stereocenters.